The minimum absolute atomic E-state index is 0.320. The van der Waals surface area contributed by atoms with Crippen LogP contribution >= 0.6 is 22.1 Å². The van der Waals surface area contributed by atoms with E-state index in [9.17, 15) is 13.7 Å². The summed E-state index contributed by atoms with van der Waals surface area (Å²) in [6.45, 7) is 17.0. The molecule has 3 aromatic carbocycles. The molecule has 0 fully saturated rings. The fourth-order valence-corrected chi connectivity index (χ4v) is 13.1. The van der Waals surface area contributed by atoms with Gasteiger partial charge in [0.2, 0.25) is 22.1 Å². The highest BCUT2D eigenvalue weighted by Crippen LogP contribution is 2.52. The van der Waals surface area contributed by atoms with Crippen LogP contribution in [-0.4, -0.2) is 35.1 Å². The molecule has 40 heavy (non-hydrogen) atoms. The van der Waals surface area contributed by atoms with E-state index in [0.29, 0.717) is 33.7 Å². The SMILES string of the molecule is CC(C)c1ccc(P(C)(=O)[O][Al]([O]P(C)(=O)c2ccc(C(C)C)cc2)[O]P(C)(=O)c2ccc(C(C)C)cc2)cc1. The minimum atomic E-state index is -3.50. The van der Waals surface area contributed by atoms with Gasteiger partial charge < -0.3 is 10.7 Å². The van der Waals surface area contributed by atoms with Crippen molar-refractivity contribution in [3.8, 4) is 0 Å². The van der Waals surface area contributed by atoms with E-state index in [-0.39, 0.29) is 0 Å². The van der Waals surface area contributed by atoms with Crippen molar-refractivity contribution in [2.45, 2.75) is 59.3 Å². The van der Waals surface area contributed by atoms with Gasteiger partial charge in [-0.3, -0.25) is 13.7 Å². The topological polar surface area (TPSA) is 78.9 Å². The molecular weight excluding hydrogens is 576 g/mol. The predicted molar refractivity (Wildman–Crippen MR) is 170 cm³/mol. The highest BCUT2D eigenvalue weighted by atomic mass is 31.2. The summed E-state index contributed by atoms with van der Waals surface area (Å²) in [5, 5.41) is 1.46. The average Bonchev–Trinajstić information content (AvgIpc) is 2.88. The maximum Gasteiger partial charge on any atom is 0.922 e. The van der Waals surface area contributed by atoms with Crippen LogP contribution in [0.5, 0.6) is 0 Å². The molecule has 0 aromatic heterocycles. The zero-order chi connectivity index (χ0) is 29.9. The van der Waals surface area contributed by atoms with Crippen molar-refractivity contribution >= 4 is 53.2 Å². The van der Waals surface area contributed by atoms with E-state index in [1.165, 1.54) is 20.0 Å². The Kier molecular flexibility index (Phi) is 11.1. The third-order valence-corrected chi connectivity index (χ3v) is 17.5. The van der Waals surface area contributed by atoms with Gasteiger partial charge in [-0.1, -0.05) is 77.9 Å². The third-order valence-electron chi connectivity index (χ3n) is 6.95. The standard InChI is InChI=1S/3C10H15O2P.Al/c3*1-8(2)9-4-6-10(7-5-9)13(3,11)12;/h3*4-8H,1-3H3,(H,11,12);/q;;;+3/p-3. The molecule has 0 amide bonds. The molecule has 0 bridgehead atoms. The van der Waals surface area contributed by atoms with E-state index >= 15 is 0 Å². The normalized spacial score (nSPS) is 16.5. The molecular formula is C30H42AlO6P3. The van der Waals surface area contributed by atoms with Gasteiger partial charge in [0, 0.05) is 35.9 Å². The largest absolute Gasteiger partial charge is 0.922 e. The second-order valence-corrected chi connectivity index (χ2v) is 21.1. The molecule has 0 spiro atoms. The molecule has 3 aromatic rings. The van der Waals surface area contributed by atoms with Crippen LogP contribution in [-0.2, 0) is 24.4 Å². The maximum absolute atomic E-state index is 13.9. The molecule has 0 radical (unpaired) electrons. The Bertz CT molecular complexity index is 1240. The van der Waals surface area contributed by atoms with Gasteiger partial charge in [0.25, 0.3) is 0 Å². The van der Waals surface area contributed by atoms with E-state index < -0.39 is 37.3 Å². The molecule has 0 N–H and O–H groups in total. The van der Waals surface area contributed by atoms with Crippen LogP contribution in [0.25, 0.3) is 0 Å². The number of benzene rings is 3. The Hall–Kier alpha value is -1.24. The van der Waals surface area contributed by atoms with E-state index in [1.54, 1.807) is 36.4 Å². The summed E-state index contributed by atoms with van der Waals surface area (Å²) in [5.74, 6) is 0.961. The number of rotatable bonds is 12. The monoisotopic (exact) mass is 618 g/mol. The lowest BCUT2D eigenvalue weighted by Crippen LogP contribution is -2.29. The van der Waals surface area contributed by atoms with E-state index in [4.69, 9.17) is 10.7 Å². The summed E-state index contributed by atoms with van der Waals surface area (Å²) in [6.07, 6.45) is 0. The first kappa shape index (κ1) is 33.3. The van der Waals surface area contributed by atoms with Gasteiger partial charge in [0.1, 0.15) is 0 Å². The van der Waals surface area contributed by atoms with E-state index in [1.807, 2.05) is 36.4 Å². The molecule has 0 aliphatic carbocycles. The molecule has 10 heteroatoms. The molecule has 3 rings (SSSR count). The zero-order valence-electron chi connectivity index (χ0n) is 25.0. The van der Waals surface area contributed by atoms with Gasteiger partial charge >= 0.3 is 15.1 Å². The highest BCUT2D eigenvalue weighted by Gasteiger charge is 2.47. The Morgan fingerprint density at radius 1 is 0.450 bits per heavy atom. The van der Waals surface area contributed by atoms with Crippen molar-refractivity contribution in [1.82, 2.24) is 0 Å². The summed E-state index contributed by atoms with van der Waals surface area (Å²) >= 11 is -3.50. The van der Waals surface area contributed by atoms with E-state index in [0.717, 1.165) is 16.7 Å². The molecule has 0 aliphatic rings. The third kappa shape index (κ3) is 8.64. The van der Waals surface area contributed by atoms with Crippen LogP contribution in [0.15, 0.2) is 72.8 Å². The van der Waals surface area contributed by atoms with E-state index in [2.05, 4.69) is 41.5 Å². The summed E-state index contributed by atoms with van der Waals surface area (Å²) in [5.41, 5.74) is 3.32. The minimum Gasteiger partial charge on any atom is -0.402 e. The van der Waals surface area contributed by atoms with Crippen LogP contribution < -0.4 is 15.9 Å². The maximum atomic E-state index is 13.9. The molecule has 216 valence electrons. The first-order valence-corrected chi connectivity index (χ1v) is 21.2. The quantitative estimate of drug-likeness (QED) is 0.151. The van der Waals surface area contributed by atoms with Gasteiger partial charge in [-0.05, 0) is 70.8 Å². The molecule has 6 nitrogen and oxygen atoms in total. The van der Waals surface area contributed by atoms with Crippen molar-refractivity contribution in [3.05, 3.63) is 89.5 Å². The first-order chi connectivity index (χ1) is 18.5. The van der Waals surface area contributed by atoms with Crippen LogP contribution in [0.1, 0.15) is 76.0 Å². The van der Waals surface area contributed by atoms with Crippen molar-refractivity contribution in [2.24, 2.45) is 0 Å². The fraction of sp³-hybridized carbons (Fsp3) is 0.400. The van der Waals surface area contributed by atoms with Crippen LogP contribution in [0, 0.1) is 0 Å². The highest BCUT2D eigenvalue weighted by molar-refractivity contribution is 7.70. The summed E-state index contributed by atoms with van der Waals surface area (Å²) in [6, 6.07) is 22.1. The number of hydrogen-bond acceptors (Lipinski definition) is 6. The van der Waals surface area contributed by atoms with Gasteiger partial charge in [0.15, 0.2) is 0 Å². The van der Waals surface area contributed by atoms with Gasteiger partial charge in [-0.15, -0.1) is 0 Å². The lowest BCUT2D eigenvalue weighted by molar-refractivity contribution is 0.317. The first-order valence-electron chi connectivity index (χ1n) is 13.6. The molecule has 3 unspecified atom stereocenters. The number of hydrogen-bond donors (Lipinski definition) is 0. The zero-order valence-corrected chi connectivity index (χ0v) is 28.9. The van der Waals surface area contributed by atoms with Crippen LogP contribution in [0.3, 0.4) is 0 Å². The lowest BCUT2D eigenvalue weighted by Gasteiger charge is -2.25. The lowest BCUT2D eigenvalue weighted by atomic mass is 10.0. The Balaban J connectivity index is 1.95. The molecule has 0 heterocycles. The van der Waals surface area contributed by atoms with Crippen molar-refractivity contribution in [2.75, 3.05) is 20.0 Å². The van der Waals surface area contributed by atoms with Gasteiger partial charge in [-0.2, -0.15) is 0 Å². The average molecular weight is 619 g/mol. The summed E-state index contributed by atoms with van der Waals surface area (Å²) in [7, 11) is -10.4. The molecule has 0 saturated carbocycles. The Morgan fingerprint density at radius 2 is 0.650 bits per heavy atom. The fourth-order valence-electron chi connectivity index (χ4n) is 4.12. The smallest absolute Gasteiger partial charge is 0.402 e. The van der Waals surface area contributed by atoms with Crippen LogP contribution in [0.4, 0.5) is 0 Å². The molecule has 0 aliphatic heterocycles. The predicted octanol–water partition coefficient (Wildman–Crippen LogP) is 8.09. The van der Waals surface area contributed by atoms with Gasteiger partial charge in [0.05, 0.1) is 0 Å². The molecule has 0 saturated heterocycles. The summed E-state index contributed by atoms with van der Waals surface area (Å²) in [4.78, 5) is 0. The molecule has 3 atom stereocenters. The Labute approximate surface area is 245 Å². The van der Waals surface area contributed by atoms with Crippen molar-refractivity contribution < 1.29 is 24.4 Å². The second-order valence-electron chi connectivity index (χ2n) is 11.4. The van der Waals surface area contributed by atoms with Crippen LogP contribution in [0.2, 0.25) is 0 Å². The van der Waals surface area contributed by atoms with Crippen molar-refractivity contribution in [1.29, 1.82) is 0 Å². The van der Waals surface area contributed by atoms with Gasteiger partial charge in [-0.25, -0.2) is 0 Å². The Morgan fingerprint density at radius 3 is 0.825 bits per heavy atom. The van der Waals surface area contributed by atoms with Crippen molar-refractivity contribution in [3.63, 3.8) is 0 Å². The second kappa shape index (κ2) is 13.4. The summed E-state index contributed by atoms with van der Waals surface area (Å²) < 4.78 is 59.8.